The van der Waals surface area contributed by atoms with Crippen LogP contribution in [0.25, 0.3) is 4.98 Å². The zero-order valence-corrected chi connectivity index (χ0v) is 7.93. The van der Waals surface area contributed by atoms with E-state index in [4.69, 9.17) is 5.39 Å². The van der Waals surface area contributed by atoms with E-state index in [0.717, 1.165) is 0 Å². The highest BCUT2D eigenvalue weighted by molar-refractivity contribution is 14.1. The summed E-state index contributed by atoms with van der Waals surface area (Å²) in [7, 11) is 0. The first-order chi connectivity index (χ1) is 5.65. The van der Waals surface area contributed by atoms with Gasteiger partial charge in [0.25, 0.3) is 5.69 Å². The van der Waals surface area contributed by atoms with Crippen LogP contribution < -0.4 is 0 Å². The summed E-state index contributed by atoms with van der Waals surface area (Å²) in [5.74, 6) is 0. The average molecular weight is 276 g/mol. The Morgan fingerprint density at radius 2 is 2.25 bits per heavy atom. The molecule has 6 heteroatoms. The molecular weight excluding hydrogens is 273 g/mol. The second-order valence-electron chi connectivity index (χ2n) is 1.99. The zero-order chi connectivity index (χ0) is 9.14. The molecule has 0 atom stereocenters. The standard InChI is InChI=1S/C6H3IN3O2/c7-5-3-4(10(11)12)1-2-6(5)9-8/h1-3H/q+1. The number of nitro groups is 1. The number of benzene rings is 1. The van der Waals surface area contributed by atoms with E-state index in [1.807, 2.05) is 22.6 Å². The summed E-state index contributed by atoms with van der Waals surface area (Å²) in [5.41, 5.74) is 0.327. The molecule has 0 N–H and O–H groups in total. The van der Waals surface area contributed by atoms with Crippen molar-refractivity contribution in [3.05, 3.63) is 36.9 Å². The van der Waals surface area contributed by atoms with Crippen molar-refractivity contribution in [1.29, 1.82) is 5.39 Å². The minimum absolute atomic E-state index is 0.00759. The quantitative estimate of drug-likeness (QED) is 0.342. The average Bonchev–Trinajstić information content (AvgIpc) is 2.04. The first-order valence-electron chi connectivity index (χ1n) is 2.94. The summed E-state index contributed by atoms with van der Waals surface area (Å²) in [6.07, 6.45) is 0. The van der Waals surface area contributed by atoms with Crippen LogP contribution in [0.5, 0.6) is 0 Å². The van der Waals surface area contributed by atoms with Gasteiger partial charge in [-0.2, -0.15) is 0 Å². The highest BCUT2D eigenvalue weighted by Gasteiger charge is 2.15. The monoisotopic (exact) mass is 276 g/mol. The van der Waals surface area contributed by atoms with Crippen LogP contribution in [0.1, 0.15) is 0 Å². The molecule has 1 aromatic rings. The Balaban J connectivity index is 3.21. The normalized spacial score (nSPS) is 9.00. The van der Waals surface area contributed by atoms with E-state index in [-0.39, 0.29) is 5.69 Å². The topological polar surface area (TPSA) is 71.3 Å². The second kappa shape index (κ2) is 3.44. The molecule has 0 radical (unpaired) electrons. The summed E-state index contributed by atoms with van der Waals surface area (Å²) in [6.45, 7) is 0. The lowest BCUT2D eigenvalue weighted by Crippen LogP contribution is -1.87. The van der Waals surface area contributed by atoms with Crippen LogP contribution in [-0.2, 0) is 0 Å². The lowest BCUT2D eigenvalue weighted by atomic mass is 10.3. The number of non-ortho nitro benzene ring substituents is 1. The molecule has 0 aromatic heterocycles. The predicted octanol–water partition coefficient (Wildman–Crippen LogP) is 2.68. The third-order valence-corrected chi connectivity index (χ3v) is 2.11. The molecule has 0 saturated heterocycles. The Morgan fingerprint density at radius 3 is 2.67 bits per heavy atom. The van der Waals surface area contributed by atoms with Crippen molar-refractivity contribution in [2.45, 2.75) is 0 Å². The Kier molecular flexibility index (Phi) is 2.54. The highest BCUT2D eigenvalue weighted by atomic mass is 127. The summed E-state index contributed by atoms with van der Waals surface area (Å²) in [4.78, 5) is 12.7. The van der Waals surface area contributed by atoms with Gasteiger partial charge in [0.1, 0.15) is 3.57 Å². The maximum absolute atomic E-state index is 10.3. The van der Waals surface area contributed by atoms with E-state index in [9.17, 15) is 10.1 Å². The summed E-state index contributed by atoms with van der Waals surface area (Å²) >= 11 is 1.86. The molecule has 0 unspecified atom stereocenters. The fourth-order valence-corrected chi connectivity index (χ4v) is 1.30. The molecule has 0 aliphatic carbocycles. The van der Waals surface area contributed by atoms with Crippen molar-refractivity contribution in [3.63, 3.8) is 0 Å². The molecule has 0 amide bonds. The number of diazo groups is 1. The Hall–Kier alpha value is -1.23. The third kappa shape index (κ3) is 1.68. The molecule has 0 spiro atoms. The van der Waals surface area contributed by atoms with Gasteiger partial charge in [-0.1, -0.05) is 0 Å². The molecule has 0 fully saturated rings. The Morgan fingerprint density at radius 1 is 1.58 bits per heavy atom. The first kappa shape index (κ1) is 8.86. The van der Waals surface area contributed by atoms with Gasteiger partial charge >= 0.3 is 5.69 Å². The minimum atomic E-state index is -0.497. The largest absolute Gasteiger partial charge is 0.398 e. The Bertz CT molecular complexity index is 372. The van der Waals surface area contributed by atoms with E-state index in [0.29, 0.717) is 9.26 Å². The predicted molar refractivity (Wildman–Crippen MR) is 50.6 cm³/mol. The third-order valence-electron chi connectivity index (χ3n) is 1.25. The number of hydrogen-bond donors (Lipinski definition) is 0. The molecule has 5 nitrogen and oxygen atoms in total. The number of nitrogens with zero attached hydrogens (tertiary/aromatic N) is 3. The lowest BCUT2D eigenvalue weighted by molar-refractivity contribution is -0.384. The molecule has 0 aliphatic heterocycles. The van der Waals surface area contributed by atoms with Gasteiger partial charge in [-0.05, 0) is 22.6 Å². The second-order valence-corrected chi connectivity index (χ2v) is 3.16. The van der Waals surface area contributed by atoms with Crippen LogP contribution in [0, 0.1) is 19.1 Å². The molecule has 0 aliphatic rings. The molecule has 0 saturated carbocycles. The van der Waals surface area contributed by atoms with Crippen molar-refractivity contribution in [2.24, 2.45) is 0 Å². The van der Waals surface area contributed by atoms with Gasteiger partial charge in [0.2, 0.25) is 5.39 Å². The van der Waals surface area contributed by atoms with Crippen molar-refractivity contribution >= 4 is 34.0 Å². The lowest BCUT2D eigenvalue weighted by Gasteiger charge is -1.88. The molecule has 0 heterocycles. The van der Waals surface area contributed by atoms with Crippen LogP contribution in [0.3, 0.4) is 0 Å². The van der Waals surface area contributed by atoms with Crippen LogP contribution in [0.4, 0.5) is 11.4 Å². The summed E-state index contributed by atoms with van der Waals surface area (Å²) in [5, 5.41) is 18.7. The van der Waals surface area contributed by atoms with Crippen molar-refractivity contribution in [1.82, 2.24) is 0 Å². The van der Waals surface area contributed by atoms with E-state index in [2.05, 4.69) is 4.98 Å². The van der Waals surface area contributed by atoms with Gasteiger partial charge in [0.05, 0.1) is 4.92 Å². The van der Waals surface area contributed by atoms with Crippen LogP contribution in [-0.4, -0.2) is 4.92 Å². The fraction of sp³-hybridized carbons (Fsp3) is 0. The van der Waals surface area contributed by atoms with E-state index in [1.54, 1.807) is 0 Å². The number of nitro benzene ring substituents is 1. The molecule has 12 heavy (non-hydrogen) atoms. The number of hydrogen-bond acceptors (Lipinski definition) is 3. The molecular formula is C6H3IN3O2+. The van der Waals surface area contributed by atoms with Gasteiger partial charge in [-0.15, -0.1) is 0 Å². The first-order valence-corrected chi connectivity index (χ1v) is 4.02. The van der Waals surface area contributed by atoms with Gasteiger partial charge in [-0.3, -0.25) is 10.1 Å². The molecule has 1 rings (SSSR count). The van der Waals surface area contributed by atoms with Gasteiger partial charge in [0.15, 0.2) is 4.98 Å². The zero-order valence-electron chi connectivity index (χ0n) is 5.77. The van der Waals surface area contributed by atoms with Crippen molar-refractivity contribution in [2.75, 3.05) is 0 Å². The van der Waals surface area contributed by atoms with Crippen LogP contribution >= 0.6 is 22.6 Å². The van der Waals surface area contributed by atoms with Crippen LogP contribution in [0.2, 0.25) is 0 Å². The Labute approximate surface area is 81.3 Å². The molecule has 0 bridgehead atoms. The summed E-state index contributed by atoms with van der Waals surface area (Å²) < 4.78 is 0.546. The minimum Gasteiger partial charge on any atom is -0.258 e. The van der Waals surface area contributed by atoms with Gasteiger partial charge < -0.3 is 0 Å². The van der Waals surface area contributed by atoms with Gasteiger partial charge in [0, 0.05) is 18.2 Å². The smallest absolute Gasteiger partial charge is 0.258 e. The fourth-order valence-electron chi connectivity index (χ4n) is 0.690. The van der Waals surface area contributed by atoms with Crippen molar-refractivity contribution < 1.29 is 4.92 Å². The van der Waals surface area contributed by atoms with E-state index >= 15 is 0 Å². The van der Waals surface area contributed by atoms with Crippen molar-refractivity contribution in [3.8, 4) is 0 Å². The number of halogens is 1. The SMILES string of the molecule is N#[N+]c1ccc([N+](=O)[O-])cc1I. The summed E-state index contributed by atoms with van der Waals surface area (Å²) in [6, 6.07) is 4.02. The van der Waals surface area contributed by atoms with Gasteiger partial charge in [-0.25, -0.2) is 0 Å². The van der Waals surface area contributed by atoms with E-state index < -0.39 is 4.92 Å². The van der Waals surface area contributed by atoms with E-state index in [1.165, 1.54) is 18.2 Å². The maximum atomic E-state index is 10.3. The highest BCUT2D eigenvalue weighted by Crippen LogP contribution is 2.25. The maximum Gasteiger partial charge on any atom is 0.398 e. The molecule has 1 aromatic carbocycles. The molecule has 60 valence electrons. The number of rotatable bonds is 1. The van der Waals surface area contributed by atoms with Crippen LogP contribution in [0.15, 0.2) is 18.2 Å².